The normalized spacial score (nSPS) is 15.9. The van der Waals surface area contributed by atoms with Gasteiger partial charge >= 0.3 is 0 Å². The minimum atomic E-state index is -1.55. The van der Waals surface area contributed by atoms with E-state index in [1.807, 2.05) is 24.2 Å². The number of pyridine rings is 2. The maximum absolute atomic E-state index is 15.6. The molecule has 0 unspecified atom stereocenters. The van der Waals surface area contributed by atoms with Crippen LogP contribution in [0.5, 0.6) is 0 Å². The van der Waals surface area contributed by atoms with E-state index in [0.717, 1.165) is 10.9 Å². The molecule has 0 aliphatic carbocycles. The van der Waals surface area contributed by atoms with Gasteiger partial charge in [0.15, 0.2) is 17.1 Å². The predicted molar refractivity (Wildman–Crippen MR) is 112 cm³/mol. The van der Waals surface area contributed by atoms with Crippen LogP contribution in [0, 0.1) is 11.3 Å². The van der Waals surface area contributed by atoms with E-state index in [1.54, 1.807) is 34.8 Å². The van der Waals surface area contributed by atoms with E-state index in [0.29, 0.717) is 41.5 Å². The molecule has 10 heteroatoms. The average molecular weight is 417 g/mol. The monoisotopic (exact) mass is 417 g/mol. The fourth-order valence-corrected chi connectivity index (χ4v) is 4.23. The van der Waals surface area contributed by atoms with Crippen molar-refractivity contribution in [2.24, 2.45) is 14.1 Å². The quantitative estimate of drug-likeness (QED) is 0.505. The Labute approximate surface area is 177 Å². The summed E-state index contributed by atoms with van der Waals surface area (Å²) in [5.74, 6) is 0.338. The van der Waals surface area contributed by atoms with Crippen molar-refractivity contribution in [2.45, 2.75) is 18.5 Å². The van der Waals surface area contributed by atoms with E-state index in [-0.39, 0.29) is 12.8 Å². The number of aromatic nitrogens is 7. The van der Waals surface area contributed by atoms with Gasteiger partial charge in [0.1, 0.15) is 12.4 Å². The highest BCUT2D eigenvalue weighted by Crippen LogP contribution is 2.40. The van der Waals surface area contributed by atoms with Crippen molar-refractivity contribution in [1.29, 1.82) is 5.26 Å². The lowest BCUT2D eigenvalue weighted by atomic mass is 9.91. The lowest BCUT2D eigenvalue weighted by Gasteiger charge is -2.37. The summed E-state index contributed by atoms with van der Waals surface area (Å²) in [6.07, 6.45) is 7.23. The number of halogens is 1. The molecule has 9 nitrogen and oxygen atoms in total. The minimum absolute atomic E-state index is 0.249. The summed E-state index contributed by atoms with van der Waals surface area (Å²) in [6.45, 7) is 0.860. The molecule has 0 saturated carbocycles. The first-order valence-electron chi connectivity index (χ1n) is 9.96. The topological polar surface area (TPSA) is 101 Å². The summed E-state index contributed by atoms with van der Waals surface area (Å²) in [4.78, 5) is 11.0. The van der Waals surface area contributed by atoms with E-state index in [9.17, 15) is 5.26 Å². The maximum atomic E-state index is 15.6. The van der Waals surface area contributed by atoms with Crippen molar-refractivity contribution in [3.8, 4) is 17.3 Å². The van der Waals surface area contributed by atoms with Gasteiger partial charge in [-0.05, 0) is 12.1 Å². The number of anilines is 1. The Bertz CT molecular complexity index is 1310. The second kappa shape index (κ2) is 7.12. The molecule has 1 aliphatic heterocycles. The standard InChI is InChI=1S/C21H20FN9/c1-29-13-26-27-20(29)21(22)4-7-31(8-5-21)18-14(10-23)3-6-24-17(18)15-9-16-12-30(2)28-19(16)25-11-15/h3,6,9,11-13H,4-5,7-8H2,1-2H3. The molecule has 0 aromatic carbocycles. The van der Waals surface area contributed by atoms with Gasteiger partial charge in [-0.1, -0.05) is 0 Å². The maximum Gasteiger partial charge on any atom is 0.181 e. The second-order valence-corrected chi connectivity index (χ2v) is 7.82. The van der Waals surface area contributed by atoms with Crippen LogP contribution in [0.2, 0.25) is 0 Å². The summed E-state index contributed by atoms with van der Waals surface area (Å²) in [5, 5.41) is 22.7. The van der Waals surface area contributed by atoms with Gasteiger partial charge in [0, 0.05) is 69.6 Å². The van der Waals surface area contributed by atoms with Gasteiger partial charge in [-0.2, -0.15) is 10.4 Å². The smallest absolute Gasteiger partial charge is 0.181 e. The summed E-state index contributed by atoms with van der Waals surface area (Å²) < 4.78 is 19.0. The van der Waals surface area contributed by atoms with Crippen molar-refractivity contribution >= 4 is 16.7 Å². The highest BCUT2D eigenvalue weighted by atomic mass is 19.1. The van der Waals surface area contributed by atoms with Crippen LogP contribution in [0.3, 0.4) is 0 Å². The molecule has 4 aromatic heterocycles. The Morgan fingerprint density at radius 2 is 2.00 bits per heavy atom. The minimum Gasteiger partial charge on any atom is -0.368 e. The molecular formula is C21H20FN9. The molecule has 0 amide bonds. The van der Waals surface area contributed by atoms with E-state index in [4.69, 9.17) is 0 Å². The van der Waals surface area contributed by atoms with Crippen LogP contribution in [0.15, 0.2) is 37.1 Å². The molecule has 0 radical (unpaired) electrons. The summed E-state index contributed by atoms with van der Waals surface area (Å²) in [5.41, 5.74) is 1.75. The molecule has 1 fully saturated rings. The van der Waals surface area contributed by atoms with Gasteiger partial charge < -0.3 is 9.47 Å². The first-order valence-corrected chi connectivity index (χ1v) is 9.96. The largest absolute Gasteiger partial charge is 0.368 e. The molecule has 4 aromatic rings. The molecule has 156 valence electrons. The lowest BCUT2D eigenvalue weighted by molar-refractivity contribution is 0.109. The zero-order valence-corrected chi connectivity index (χ0v) is 17.2. The van der Waals surface area contributed by atoms with Gasteiger partial charge in [-0.15, -0.1) is 10.2 Å². The Kier molecular flexibility index (Phi) is 4.39. The van der Waals surface area contributed by atoms with Gasteiger partial charge in [0.25, 0.3) is 0 Å². The first-order chi connectivity index (χ1) is 15.0. The number of hydrogen-bond donors (Lipinski definition) is 0. The Morgan fingerprint density at radius 3 is 2.71 bits per heavy atom. The van der Waals surface area contributed by atoms with Crippen molar-refractivity contribution in [3.63, 3.8) is 0 Å². The number of hydrogen-bond acceptors (Lipinski definition) is 7. The third-order valence-electron chi connectivity index (χ3n) is 5.78. The fourth-order valence-electron chi connectivity index (χ4n) is 4.23. The number of alkyl halides is 1. The van der Waals surface area contributed by atoms with Gasteiger partial charge in [0.05, 0.1) is 16.9 Å². The second-order valence-electron chi connectivity index (χ2n) is 7.82. The summed E-state index contributed by atoms with van der Waals surface area (Å²) in [7, 11) is 3.59. The zero-order valence-electron chi connectivity index (χ0n) is 17.2. The number of aryl methyl sites for hydroxylation is 2. The molecule has 31 heavy (non-hydrogen) atoms. The molecule has 1 aliphatic rings. The highest BCUT2D eigenvalue weighted by molar-refractivity contribution is 5.85. The predicted octanol–water partition coefficient (Wildman–Crippen LogP) is 2.50. The van der Waals surface area contributed by atoms with Crippen LogP contribution in [0.25, 0.3) is 22.3 Å². The van der Waals surface area contributed by atoms with Crippen molar-refractivity contribution in [1.82, 2.24) is 34.5 Å². The molecule has 0 spiro atoms. The molecule has 0 bridgehead atoms. The molecule has 0 atom stereocenters. The summed E-state index contributed by atoms with van der Waals surface area (Å²) in [6, 6.07) is 5.92. The zero-order chi connectivity index (χ0) is 21.6. The van der Waals surface area contributed by atoms with Crippen molar-refractivity contribution in [3.05, 3.63) is 48.4 Å². The molecule has 0 N–H and O–H groups in total. The fraction of sp³-hybridized carbons (Fsp3) is 0.333. The van der Waals surface area contributed by atoms with Crippen molar-refractivity contribution < 1.29 is 4.39 Å². The summed E-state index contributed by atoms with van der Waals surface area (Å²) >= 11 is 0. The van der Waals surface area contributed by atoms with E-state index in [1.165, 1.54) is 6.33 Å². The number of nitrogens with zero attached hydrogens (tertiary/aromatic N) is 9. The molecule has 1 saturated heterocycles. The van der Waals surface area contributed by atoms with Crippen LogP contribution in [0.4, 0.5) is 10.1 Å². The van der Waals surface area contributed by atoms with Crippen LogP contribution in [-0.4, -0.2) is 47.6 Å². The van der Waals surface area contributed by atoms with Crippen LogP contribution in [-0.2, 0) is 19.8 Å². The molecule has 5 heterocycles. The number of nitriles is 1. The van der Waals surface area contributed by atoms with E-state index in [2.05, 4.69) is 31.3 Å². The first kappa shape index (κ1) is 19.1. The molecule has 5 rings (SSSR count). The van der Waals surface area contributed by atoms with Gasteiger partial charge in [-0.3, -0.25) is 9.67 Å². The highest BCUT2D eigenvalue weighted by Gasteiger charge is 2.41. The number of rotatable bonds is 3. The van der Waals surface area contributed by atoms with Crippen LogP contribution in [0.1, 0.15) is 24.2 Å². The Balaban J connectivity index is 1.52. The average Bonchev–Trinajstić information content (AvgIpc) is 3.38. The Hall–Kier alpha value is -3.87. The number of fused-ring (bicyclic) bond motifs is 1. The van der Waals surface area contributed by atoms with Gasteiger partial charge in [0.2, 0.25) is 0 Å². The SMILES string of the molecule is Cn1cc2cc(-c3nccc(C#N)c3N3CCC(F)(c4nncn4C)CC3)cnc2n1. The van der Waals surface area contributed by atoms with Crippen LogP contribution >= 0.6 is 0 Å². The Morgan fingerprint density at radius 1 is 1.19 bits per heavy atom. The lowest BCUT2D eigenvalue weighted by Crippen LogP contribution is -2.42. The molecular weight excluding hydrogens is 397 g/mol. The van der Waals surface area contributed by atoms with E-state index >= 15 is 4.39 Å². The van der Waals surface area contributed by atoms with Gasteiger partial charge in [-0.25, -0.2) is 9.37 Å². The third-order valence-corrected chi connectivity index (χ3v) is 5.78. The third kappa shape index (κ3) is 3.18. The van der Waals surface area contributed by atoms with Crippen molar-refractivity contribution in [2.75, 3.05) is 18.0 Å². The van der Waals surface area contributed by atoms with Crippen LogP contribution < -0.4 is 4.90 Å². The van der Waals surface area contributed by atoms with E-state index < -0.39 is 5.67 Å². The number of piperidine rings is 1.